The third kappa shape index (κ3) is 13.1. The van der Waals surface area contributed by atoms with E-state index in [1.54, 1.807) is 0 Å². The Morgan fingerprint density at radius 2 is 1.36 bits per heavy atom. The van der Waals surface area contributed by atoms with Gasteiger partial charge in [-0.25, -0.2) is 9.59 Å². The number of carboxylic acids is 1. The second kappa shape index (κ2) is 17.3. The molecule has 2 aromatic rings. The van der Waals surface area contributed by atoms with Gasteiger partial charge in [-0.3, -0.25) is 9.59 Å². The van der Waals surface area contributed by atoms with Crippen LogP contribution < -0.4 is 10.6 Å². The van der Waals surface area contributed by atoms with Gasteiger partial charge in [-0.1, -0.05) is 74.5 Å². The summed E-state index contributed by atoms with van der Waals surface area (Å²) in [5, 5.41) is 14.5. The van der Waals surface area contributed by atoms with Crippen LogP contribution in [0, 0.1) is 5.92 Å². The highest BCUT2D eigenvalue weighted by Crippen LogP contribution is 2.08. The van der Waals surface area contributed by atoms with E-state index in [0.29, 0.717) is 0 Å². The first-order valence-electron chi connectivity index (χ1n) is 11.3. The van der Waals surface area contributed by atoms with Crippen LogP contribution in [0.3, 0.4) is 0 Å². The number of ether oxygens (including phenoxy) is 1. The fraction of sp³-hybridized carbons (Fsp3) is 0.385. The molecule has 196 valence electrons. The first kappa shape index (κ1) is 30.9. The zero-order valence-electron chi connectivity index (χ0n) is 20.3. The van der Waals surface area contributed by atoms with Crippen molar-refractivity contribution < 1.29 is 29.0 Å². The van der Waals surface area contributed by atoms with Crippen LogP contribution in [0.1, 0.15) is 31.4 Å². The summed E-state index contributed by atoms with van der Waals surface area (Å²) >= 11 is 10.0. The van der Waals surface area contributed by atoms with E-state index in [1.807, 2.05) is 74.5 Å². The van der Waals surface area contributed by atoms with Crippen molar-refractivity contribution in [2.24, 2.45) is 5.92 Å². The predicted octanol–water partition coefficient (Wildman–Crippen LogP) is 4.17. The molecule has 0 heterocycles. The number of alkyl halides is 2. The highest BCUT2D eigenvalue weighted by atomic mass is 35.5. The van der Waals surface area contributed by atoms with Crippen LogP contribution in [0.15, 0.2) is 60.7 Å². The van der Waals surface area contributed by atoms with E-state index in [0.717, 1.165) is 11.1 Å². The summed E-state index contributed by atoms with van der Waals surface area (Å²) in [7, 11) is 0. The van der Waals surface area contributed by atoms with Gasteiger partial charge in [0.05, 0.1) is 11.8 Å². The topological polar surface area (TPSA) is 122 Å². The number of halogens is 2. The molecule has 8 nitrogen and oxygen atoms in total. The smallest absolute Gasteiger partial charge is 0.408 e. The van der Waals surface area contributed by atoms with Gasteiger partial charge in [-0.05, 0) is 23.5 Å². The maximum atomic E-state index is 12.8. The van der Waals surface area contributed by atoms with Gasteiger partial charge < -0.3 is 20.5 Å². The average molecular weight is 539 g/mol. The maximum absolute atomic E-state index is 12.8. The molecule has 0 saturated heterocycles. The zero-order valence-corrected chi connectivity index (χ0v) is 21.8. The molecule has 0 aliphatic rings. The Hall–Kier alpha value is -3.10. The number of carbonyl (C=O) groups is 4. The van der Waals surface area contributed by atoms with Gasteiger partial charge in [-0.2, -0.15) is 0 Å². The second-order valence-electron chi connectivity index (χ2n) is 8.28. The fourth-order valence-electron chi connectivity index (χ4n) is 2.97. The first-order chi connectivity index (χ1) is 17.2. The molecule has 0 aliphatic heterocycles. The molecule has 0 radical (unpaired) electrons. The number of amides is 2. The van der Waals surface area contributed by atoms with Crippen molar-refractivity contribution in [3.63, 3.8) is 0 Å². The lowest BCUT2D eigenvalue weighted by atomic mass is 10.0. The van der Waals surface area contributed by atoms with Gasteiger partial charge in [0.2, 0.25) is 5.91 Å². The first-order valence-corrected chi connectivity index (χ1v) is 12.4. The van der Waals surface area contributed by atoms with Gasteiger partial charge in [0, 0.05) is 6.42 Å². The molecule has 0 fully saturated rings. The third-order valence-corrected chi connectivity index (χ3v) is 5.32. The third-order valence-electron chi connectivity index (χ3n) is 4.72. The molecule has 0 unspecified atom stereocenters. The molecule has 2 amide bonds. The standard InChI is InChI=1S/C23H28N2O5.C3H4Cl2O/c1-16(2)13-20(22(27)28)24-21(26)19(14-17-9-5-3-6-10-17)25-23(29)30-15-18-11-7-4-8-12-18;4-1-3(6)2-5/h3-12,16,19-20H,13-15H2,1-2H3,(H,24,26)(H,25,29)(H,27,28);1-2H2/t19-,20-;/m0./s1. The van der Waals surface area contributed by atoms with E-state index in [4.69, 9.17) is 27.9 Å². The summed E-state index contributed by atoms with van der Waals surface area (Å²) in [6, 6.07) is 16.4. The minimum atomic E-state index is -1.11. The number of carbonyl (C=O) groups excluding carboxylic acids is 3. The highest BCUT2D eigenvalue weighted by molar-refractivity contribution is 6.35. The van der Waals surface area contributed by atoms with Gasteiger partial charge in [0.15, 0.2) is 5.78 Å². The summed E-state index contributed by atoms with van der Waals surface area (Å²) in [5.74, 6) is -1.65. The molecule has 2 aromatic carbocycles. The minimum absolute atomic E-state index is 0.0312. The van der Waals surface area contributed by atoms with Gasteiger partial charge in [0.25, 0.3) is 0 Å². The Bertz CT molecular complexity index is 951. The summed E-state index contributed by atoms with van der Waals surface area (Å²) < 4.78 is 5.22. The second-order valence-corrected chi connectivity index (χ2v) is 8.82. The Labute approximate surface area is 221 Å². The number of nitrogens with one attached hydrogen (secondary N) is 2. The number of hydrogen-bond acceptors (Lipinski definition) is 5. The monoisotopic (exact) mass is 538 g/mol. The number of benzene rings is 2. The van der Waals surface area contributed by atoms with Crippen LogP contribution in [0.4, 0.5) is 4.79 Å². The van der Waals surface area contributed by atoms with E-state index < -0.39 is 30.1 Å². The lowest BCUT2D eigenvalue weighted by Crippen LogP contribution is -2.52. The van der Waals surface area contributed by atoms with Gasteiger partial charge in [0.1, 0.15) is 18.7 Å². The van der Waals surface area contributed by atoms with Crippen LogP contribution in [0.2, 0.25) is 0 Å². The van der Waals surface area contributed by atoms with E-state index in [9.17, 15) is 24.3 Å². The molecule has 10 heteroatoms. The van der Waals surface area contributed by atoms with Crippen LogP contribution in [-0.4, -0.2) is 52.7 Å². The highest BCUT2D eigenvalue weighted by Gasteiger charge is 2.27. The number of ketones is 1. The molecule has 0 spiro atoms. The quantitative estimate of drug-likeness (QED) is 0.348. The predicted molar refractivity (Wildman–Crippen MR) is 139 cm³/mol. The maximum Gasteiger partial charge on any atom is 0.408 e. The van der Waals surface area contributed by atoms with Gasteiger partial charge in [-0.15, -0.1) is 23.2 Å². The Kier molecular flexibility index (Phi) is 14.9. The van der Waals surface area contributed by atoms with Crippen LogP contribution in [0.25, 0.3) is 0 Å². The lowest BCUT2D eigenvalue weighted by Gasteiger charge is -2.22. The lowest BCUT2D eigenvalue weighted by molar-refractivity contribution is -0.142. The molecular weight excluding hydrogens is 507 g/mol. The van der Waals surface area contributed by atoms with Crippen molar-refractivity contribution in [1.29, 1.82) is 0 Å². The van der Waals surface area contributed by atoms with Crippen molar-refractivity contribution >= 4 is 47.0 Å². The molecule has 2 atom stereocenters. The number of Topliss-reactive ketones (excluding diaryl/α,β-unsaturated/α-hetero) is 1. The number of hydrogen-bond donors (Lipinski definition) is 3. The van der Waals surface area contributed by atoms with Crippen LogP contribution >= 0.6 is 23.2 Å². The number of carboxylic acid groups (broad SMARTS) is 1. The number of rotatable bonds is 12. The van der Waals surface area contributed by atoms with E-state index in [-0.39, 0.29) is 42.9 Å². The SMILES string of the molecule is CC(C)C[C@H](NC(=O)[C@H](Cc1ccccc1)NC(=O)OCc1ccccc1)C(=O)O.O=C(CCl)CCl. The van der Waals surface area contributed by atoms with Crippen molar-refractivity contribution in [2.75, 3.05) is 11.8 Å². The molecule has 2 rings (SSSR count). The van der Waals surface area contributed by atoms with Crippen molar-refractivity contribution in [2.45, 2.75) is 45.4 Å². The molecule has 0 aliphatic carbocycles. The summed E-state index contributed by atoms with van der Waals surface area (Å²) in [4.78, 5) is 46.5. The summed E-state index contributed by atoms with van der Waals surface area (Å²) in [6.45, 7) is 3.82. The van der Waals surface area contributed by atoms with E-state index >= 15 is 0 Å². The van der Waals surface area contributed by atoms with Gasteiger partial charge >= 0.3 is 12.1 Å². The number of alkyl carbamates (subject to hydrolysis) is 1. The molecule has 3 N–H and O–H groups in total. The van der Waals surface area contributed by atoms with E-state index in [1.165, 1.54) is 0 Å². The average Bonchev–Trinajstić information content (AvgIpc) is 2.87. The molecule has 0 aromatic heterocycles. The normalized spacial score (nSPS) is 11.9. The molecule has 0 bridgehead atoms. The van der Waals surface area contributed by atoms with Crippen molar-refractivity contribution in [3.8, 4) is 0 Å². The minimum Gasteiger partial charge on any atom is -0.480 e. The van der Waals surface area contributed by atoms with Crippen LogP contribution in [-0.2, 0) is 32.1 Å². The molecule has 0 saturated carbocycles. The fourth-order valence-corrected chi connectivity index (χ4v) is 3.25. The van der Waals surface area contributed by atoms with Crippen molar-refractivity contribution in [3.05, 3.63) is 71.8 Å². The Morgan fingerprint density at radius 3 is 1.81 bits per heavy atom. The Balaban J connectivity index is 0.000000960. The zero-order chi connectivity index (χ0) is 26.9. The number of aliphatic carboxylic acids is 1. The van der Waals surface area contributed by atoms with E-state index in [2.05, 4.69) is 10.6 Å². The van der Waals surface area contributed by atoms with Crippen LogP contribution in [0.5, 0.6) is 0 Å². The Morgan fingerprint density at radius 1 is 0.833 bits per heavy atom. The van der Waals surface area contributed by atoms with Crippen molar-refractivity contribution in [1.82, 2.24) is 10.6 Å². The summed E-state index contributed by atoms with van der Waals surface area (Å²) in [6.07, 6.45) is -0.246. The molecule has 36 heavy (non-hydrogen) atoms. The molecular formula is C26H32Cl2N2O6. The summed E-state index contributed by atoms with van der Waals surface area (Å²) in [5.41, 5.74) is 1.65. The largest absolute Gasteiger partial charge is 0.480 e.